The molecule has 1 heterocycles. The zero-order valence-electron chi connectivity index (χ0n) is 15.5. The molecule has 138 valence electrons. The van der Waals surface area contributed by atoms with Crippen LogP contribution in [0.5, 0.6) is 0 Å². The molecule has 1 aliphatic rings. The maximum Gasteiger partial charge on any atom is 0.306 e. The summed E-state index contributed by atoms with van der Waals surface area (Å²) in [5.74, 6) is -0.337. The van der Waals surface area contributed by atoms with E-state index in [-0.39, 0.29) is 30.9 Å². The zero-order valence-corrected chi connectivity index (χ0v) is 15.5. The van der Waals surface area contributed by atoms with Crippen LogP contribution in [0.1, 0.15) is 33.1 Å². The van der Waals surface area contributed by atoms with Crippen LogP contribution < -0.4 is 10.2 Å². The largest absolute Gasteiger partial charge is 0.469 e. The van der Waals surface area contributed by atoms with Crippen LogP contribution in [-0.4, -0.2) is 56.1 Å². The highest BCUT2D eigenvalue weighted by Gasteiger charge is 2.16. The summed E-state index contributed by atoms with van der Waals surface area (Å²) in [4.78, 5) is 27.9. The first-order valence-electron chi connectivity index (χ1n) is 8.95. The highest BCUT2D eigenvalue weighted by molar-refractivity contribution is 5.92. The molecule has 1 aliphatic heterocycles. The molecule has 0 bridgehead atoms. The summed E-state index contributed by atoms with van der Waals surface area (Å²) >= 11 is 0. The first kappa shape index (κ1) is 19.2. The average molecular weight is 347 g/mol. The van der Waals surface area contributed by atoms with E-state index in [1.54, 1.807) is 0 Å². The second-order valence-electron chi connectivity index (χ2n) is 6.68. The smallest absolute Gasteiger partial charge is 0.306 e. The van der Waals surface area contributed by atoms with Crippen molar-refractivity contribution in [3.8, 4) is 0 Å². The third kappa shape index (κ3) is 6.05. The summed E-state index contributed by atoms with van der Waals surface area (Å²) in [7, 11) is 1.38. The standard InChI is InChI=1S/C19H29N3O3/c1-15(2)22(13-10-19(24)25-3)14-18(23)20-16-6-8-17(9-7-16)21-11-4-5-12-21/h6-9,15H,4-5,10-14H2,1-3H3,(H,20,23). The van der Waals surface area contributed by atoms with Crippen molar-refractivity contribution in [2.45, 2.75) is 39.2 Å². The molecular formula is C19H29N3O3. The molecule has 6 heteroatoms. The van der Waals surface area contributed by atoms with Gasteiger partial charge in [0.15, 0.2) is 0 Å². The molecule has 1 saturated heterocycles. The lowest BCUT2D eigenvalue weighted by atomic mass is 10.2. The number of carbonyl (C=O) groups is 2. The Hall–Kier alpha value is -2.08. The van der Waals surface area contributed by atoms with Gasteiger partial charge in [0.05, 0.1) is 20.1 Å². The number of methoxy groups -OCH3 is 1. The normalized spacial score (nSPS) is 14.2. The molecule has 1 aromatic rings. The van der Waals surface area contributed by atoms with Crippen molar-refractivity contribution in [3.05, 3.63) is 24.3 Å². The van der Waals surface area contributed by atoms with Crippen LogP contribution in [0.2, 0.25) is 0 Å². The molecule has 1 N–H and O–H groups in total. The molecule has 0 unspecified atom stereocenters. The third-order valence-electron chi connectivity index (χ3n) is 4.53. The van der Waals surface area contributed by atoms with Gasteiger partial charge in [-0.2, -0.15) is 0 Å². The number of nitrogens with one attached hydrogen (secondary N) is 1. The van der Waals surface area contributed by atoms with E-state index in [0.29, 0.717) is 6.54 Å². The van der Waals surface area contributed by atoms with Crippen LogP contribution in [0.25, 0.3) is 0 Å². The Kier molecular flexibility index (Phi) is 7.25. The van der Waals surface area contributed by atoms with Crippen molar-refractivity contribution in [2.75, 3.05) is 43.5 Å². The van der Waals surface area contributed by atoms with Gasteiger partial charge in [-0.3, -0.25) is 14.5 Å². The van der Waals surface area contributed by atoms with Crippen molar-refractivity contribution in [1.29, 1.82) is 0 Å². The maximum atomic E-state index is 12.3. The minimum absolute atomic E-state index is 0.0764. The van der Waals surface area contributed by atoms with E-state index in [0.717, 1.165) is 18.8 Å². The van der Waals surface area contributed by atoms with E-state index < -0.39 is 0 Å². The van der Waals surface area contributed by atoms with Crippen LogP contribution in [0.4, 0.5) is 11.4 Å². The third-order valence-corrected chi connectivity index (χ3v) is 4.53. The lowest BCUT2D eigenvalue weighted by Crippen LogP contribution is -2.39. The number of benzene rings is 1. The summed E-state index contributed by atoms with van der Waals surface area (Å²) < 4.78 is 4.66. The Bertz CT molecular complexity index is 566. The van der Waals surface area contributed by atoms with E-state index in [9.17, 15) is 9.59 Å². The number of nitrogens with zero attached hydrogens (tertiary/aromatic N) is 2. The molecule has 0 aliphatic carbocycles. The van der Waals surface area contributed by atoms with Crippen molar-refractivity contribution in [3.63, 3.8) is 0 Å². The fourth-order valence-electron chi connectivity index (χ4n) is 2.97. The van der Waals surface area contributed by atoms with Crippen LogP contribution in [0, 0.1) is 0 Å². The van der Waals surface area contributed by atoms with E-state index in [1.165, 1.54) is 25.6 Å². The molecular weight excluding hydrogens is 318 g/mol. The van der Waals surface area contributed by atoms with Crippen molar-refractivity contribution in [2.24, 2.45) is 0 Å². The van der Waals surface area contributed by atoms with Crippen LogP contribution >= 0.6 is 0 Å². The molecule has 0 radical (unpaired) electrons. The van der Waals surface area contributed by atoms with Gasteiger partial charge in [0.2, 0.25) is 5.91 Å². The molecule has 6 nitrogen and oxygen atoms in total. The highest BCUT2D eigenvalue weighted by atomic mass is 16.5. The predicted molar refractivity (Wildman–Crippen MR) is 99.9 cm³/mol. The monoisotopic (exact) mass is 347 g/mol. The second-order valence-corrected chi connectivity index (χ2v) is 6.68. The minimum atomic E-state index is -0.261. The van der Waals surface area contributed by atoms with Crippen molar-refractivity contribution in [1.82, 2.24) is 4.90 Å². The fourth-order valence-corrected chi connectivity index (χ4v) is 2.97. The molecule has 2 rings (SSSR count). The molecule has 1 aromatic carbocycles. The van der Waals surface area contributed by atoms with E-state index in [4.69, 9.17) is 0 Å². The topological polar surface area (TPSA) is 61.9 Å². The van der Waals surface area contributed by atoms with Gasteiger partial charge in [-0.15, -0.1) is 0 Å². The Balaban J connectivity index is 1.85. The van der Waals surface area contributed by atoms with Gasteiger partial charge in [0, 0.05) is 37.1 Å². The summed E-state index contributed by atoms with van der Waals surface area (Å²) in [5, 5.41) is 2.93. The quantitative estimate of drug-likeness (QED) is 0.732. The molecule has 1 fully saturated rings. The van der Waals surface area contributed by atoms with Gasteiger partial charge >= 0.3 is 5.97 Å². The van der Waals surface area contributed by atoms with Gasteiger partial charge in [-0.25, -0.2) is 0 Å². The van der Waals surface area contributed by atoms with E-state index in [1.807, 2.05) is 30.9 Å². The average Bonchev–Trinajstić information content (AvgIpc) is 3.13. The van der Waals surface area contributed by atoms with Crippen molar-refractivity contribution >= 4 is 23.3 Å². The summed E-state index contributed by atoms with van der Waals surface area (Å²) in [6.45, 7) is 6.99. The first-order chi connectivity index (χ1) is 12.0. The summed E-state index contributed by atoms with van der Waals surface area (Å²) in [6, 6.07) is 8.17. The predicted octanol–water partition coefficient (Wildman–Crippen LogP) is 2.50. The van der Waals surface area contributed by atoms with Gasteiger partial charge in [-0.1, -0.05) is 0 Å². The Morgan fingerprint density at radius 1 is 1.20 bits per heavy atom. The van der Waals surface area contributed by atoms with E-state index in [2.05, 4.69) is 27.1 Å². The summed E-state index contributed by atoms with van der Waals surface area (Å²) in [6.07, 6.45) is 2.77. The van der Waals surface area contributed by atoms with Gasteiger partial charge in [0.1, 0.15) is 0 Å². The zero-order chi connectivity index (χ0) is 18.2. The lowest BCUT2D eigenvalue weighted by Gasteiger charge is -2.25. The van der Waals surface area contributed by atoms with Gasteiger partial charge in [0.25, 0.3) is 0 Å². The Morgan fingerprint density at radius 3 is 2.40 bits per heavy atom. The number of amides is 1. The molecule has 0 atom stereocenters. The number of ether oxygens (including phenoxy) is 1. The number of hydrogen-bond donors (Lipinski definition) is 1. The SMILES string of the molecule is COC(=O)CCN(CC(=O)Nc1ccc(N2CCCC2)cc1)C(C)C. The number of carbonyl (C=O) groups excluding carboxylic acids is 2. The molecule has 25 heavy (non-hydrogen) atoms. The highest BCUT2D eigenvalue weighted by Crippen LogP contribution is 2.22. The van der Waals surface area contributed by atoms with E-state index >= 15 is 0 Å². The minimum Gasteiger partial charge on any atom is -0.469 e. The molecule has 0 spiro atoms. The van der Waals surface area contributed by atoms with Crippen LogP contribution in [0.3, 0.4) is 0 Å². The lowest BCUT2D eigenvalue weighted by molar-refractivity contribution is -0.141. The summed E-state index contributed by atoms with van der Waals surface area (Å²) in [5.41, 5.74) is 2.00. The van der Waals surface area contributed by atoms with Gasteiger partial charge in [-0.05, 0) is 51.0 Å². The van der Waals surface area contributed by atoms with Crippen LogP contribution in [-0.2, 0) is 14.3 Å². The second kappa shape index (κ2) is 9.42. The number of rotatable bonds is 8. The first-order valence-corrected chi connectivity index (χ1v) is 8.95. The molecule has 0 aromatic heterocycles. The Morgan fingerprint density at radius 2 is 1.84 bits per heavy atom. The Labute approximate surface area is 150 Å². The fraction of sp³-hybridized carbons (Fsp3) is 0.579. The van der Waals surface area contributed by atoms with Crippen LogP contribution in [0.15, 0.2) is 24.3 Å². The number of anilines is 2. The van der Waals surface area contributed by atoms with Crippen molar-refractivity contribution < 1.29 is 14.3 Å². The maximum absolute atomic E-state index is 12.3. The number of hydrogen-bond acceptors (Lipinski definition) is 5. The molecule has 0 saturated carbocycles. The van der Waals surface area contributed by atoms with Gasteiger partial charge < -0.3 is 15.0 Å². The number of esters is 1. The molecule has 1 amide bonds.